The van der Waals surface area contributed by atoms with Gasteiger partial charge in [-0.1, -0.05) is 24.3 Å². The number of para-hydroxylation sites is 1. The van der Waals surface area contributed by atoms with E-state index in [9.17, 15) is 9.59 Å². The summed E-state index contributed by atoms with van der Waals surface area (Å²) in [5.74, 6) is -0.221. The molecular weight excluding hydrogens is 482 g/mol. The highest BCUT2D eigenvalue weighted by Gasteiger charge is 2.25. The van der Waals surface area contributed by atoms with E-state index in [1.165, 1.54) is 17.3 Å². The van der Waals surface area contributed by atoms with Gasteiger partial charge in [-0.3, -0.25) is 4.79 Å². The summed E-state index contributed by atoms with van der Waals surface area (Å²) >= 11 is 0. The first kappa shape index (κ1) is 24.3. The number of nitrogens with zero attached hydrogens (tertiary/aromatic N) is 5. The van der Waals surface area contributed by atoms with Crippen LogP contribution in [-0.2, 0) is 22.3 Å². The maximum atomic E-state index is 13.4. The average Bonchev–Trinajstić information content (AvgIpc) is 3.43. The Labute approximate surface area is 220 Å². The first-order valence-electron chi connectivity index (χ1n) is 13.0. The first-order valence-corrected chi connectivity index (χ1v) is 13.0. The van der Waals surface area contributed by atoms with Crippen molar-refractivity contribution in [2.24, 2.45) is 0 Å². The molecule has 2 aliphatic rings. The zero-order chi connectivity index (χ0) is 26.1. The summed E-state index contributed by atoms with van der Waals surface area (Å²) in [5.41, 5.74) is 4.31. The Morgan fingerprint density at radius 1 is 1.08 bits per heavy atom. The Bertz CT molecular complexity index is 1550. The predicted molar refractivity (Wildman–Crippen MR) is 144 cm³/mol. The molecule has 9 nitrogen and oxygen atoms in total. The second-order valence-corrected chi connectivity index (χ2v) is 9.39. The molecular formula is C29H29N5O4. The number of anilines is 2. The summed E-state index contributed by atoms with van der Waals surface area (Å²) in [4.78, 5) is 35.8. The first-order chi connectivity index (χ1) is 18.6. The smallest absolute Gasteiger partial charge is 0.343 e. The summed E-state index contributed by atoms with van der Waals surface area (Å²) in [5, 5.41) is 4.37. The van der Waals surface area contributed by atoms with Crippen molar-refractivity contribution in [1.82, 2.24) is 19.5 Å². The van der Waals surface area contributed by atoms with Gasteiger partial charge in [-0.25, -0.2) is 19.8 Å². The van der Waals surface area contributed by atoms with E-state index >= 15 is 0 Å². The number of hydrogen-bond donors (Lipinski definition) is 0. The second kappa shape index (κ2) is 10.4. The number of aryl methyl sites for hydroxylation is 2. The largest absolute Gasteiger partial charge is 0.462 e. The van der Waals surface area contributed by atoms with E-state index in [4.69, 9.17) is 14.5 Å². The van der Waals surface area contributed by atoms with Crippen LogP contribution in [0.1, 0.15) is 34.8 Å². The molecule has 4 aromatic rings. The molecule has 0 bridgehead atoms. The highest BCUT2D eigenvalue weighted by Crippen LogP contribution is 2.29. The zero-order valence-corrected chi connectivity index (χ0v) is 21.3. The number of rotatable bonds is 6. The fourth-order valence-corrected chi connectivity index (χ4v) is 5.19. The summed E-state index contributed by atoms with van der Waals surface area (Å²) in [6, 6.07) is 16.2. The van der Waals surface area contributed by atoms with Gasteiger partial charge in [0.15, 0.2) is 5.65 Å². The zero-order valence-electron chi connectivity index (χ0n) is 21.3. The minimum atomic E-state index is -0.655. The van der Waals surface area contributed by atoms with Crippen LogP contribution in [0.15, 0.2) is 65.7 Å². The highest BCUT2D eigenvalue weighted by atomic mass is 16.5. The number of morpholine rings is 1. The van der Waals surface area contributed by atoms with Crippen molar-refractivity contribution < 1.29 is 14.3 Å². The molecule has 194 valence electrons. The van der Waals surface area contributed by atoms with Gasteiger partial charge in [-0.2, -0.15) is 4.98 Å². The number of ether oxygens (including phenoxy) is 2. The molecule has 0 saturated carbocycles. The van der Waals surface area contributed by atoms with Gasteiger partial charge in [-0.15, -0.1) is 0 Å². The van der Waals surface area contributed by atoms with Crippen LogP contribution in [0.4, 0.5) is 11.6 Å². The van der Waals surface area contributed by atoms with Crippen molar-refractivity contribution in [3.63, 3.8) is 0 Å². The Kier molecular flexibility index (Phi) is 6.61. The second-order valence-electron chi connectivity index (χ2n) is 9.39. The van der Waals surface area contributed by atoms with Crippen LogP contribution in [0.3, 0.4) is 0 Å². The van der Waals surface area contributed by atoms with Crippen LogP contribution in [0.5, 0.6) is 0 Å². The highest BCUT2D eigenvalue weighted by molar-refractivity contribution is 5.93. The van der Waals surface area contributed by atoms with E-state index in [1.54, 1.807) is 13.1 Å². The van der Waals surface area contributed by atoms with Crippen molar-refractivity contribution in [1.29, 1.82) is 0 Å². The van der Waals surface area contributed by atoms with Gasteiger partial charge < -0.3 is 14.0 Å². The molecule has 0 amide bonds. The number of benzene rings is 2. The lowest BCUT2D eigenvalue weighted by Crippen LogP contribution is -2.47. The number of pyridine rings is 1. The molecule has 2 aromatic carbocycles. The quantitative estimate of drug-likeness (QED) is 0.361. The Hall–Kier alpha value is -4.08. The topological polar surface area (TPSA) is 89.8 Å². The Morgan fingerprint density at radius 3 is 2.66 bits per heavy atom. The Morgan fingerprint density at radius 2 is 1.87 bits per heavy atom. The lowest BCUT2D eigenvalue weighted by Gasteiger charge is -2.37. The molecule has 38 heavy (non-hydrogen) atoms. The summed E-state index contributed by atoms with van der Waals surface area (Å²) in [6.07, 6.45) is 6.26. The van der Waals surface area contributed by atoms with E-state index in [0.29, 0.717) is 37.9 Å². The SMILES string of the molecule is CCOC(=O)c1cn(-c2ccc3c(c2)CCC3)c2nc(N(c3ccccc3)N3CCOCC3)ncc2c1=O. The molecule has 1 saturated heterocycles. The fourth-order valence-electron chi connectivity index (χ4n) is 5.19. The van der Waals surface area contributed by atoms with Crippen molar-refractivity contribution in [3.8, 4) is 5.69 Å². The standard InChI is InChI=1S/C29H29N5O4/c1-2-38-28(36)25-19-33(23-12-11-20-7-6-8-21(20)17-23)27-24(26(25)35)18-30-29(31-27)34(22-9-4-3-5-10-22)32-13-15-37-16-14-32/h3-5,9-12,17-19H,2,6-8,13-16H2,1H3. The average molecular weight is 512 g/mol. The molecule has 0 unspecified atom stereocenters. The van der Waals surface area contributed by atoms with Crippen molar-refractivity contribution in [2.75, 3.05) is 37.9 Å². The predicted octanol–water partition coefficient (Wildman–Crippen LogP) is 3.83. The molecule has 2 aromatic heterocycles. The number of aromatic nitrogens is 3. The monoisotopic (exact) mass is 511 g/mol. The fraction of sp³-hybridized carbons (Fsp3) is 0.310. The minimum Gasteiger partial charge on any atom is -0.462 e. The van der Waals surface area contributed by atoms with Gasteiger partial charge >= 0.3 is 5.97 Å². The van der Waals surface area contributed by atoms with Crippen LogP contribution >= 0.6 is 0 Å². The minimum absolute atomic E-state index is 0.0377. The van der Waals surface area contributed by atoms with E-state index in [1.807, 2.05) is 46.0 Å². The number of hydrogen-bond acceptors (Lipinski definition) is 8. The van der Waals surface area contributed by atoms with Crippen LogP contribution < -0.4 is 10.4 Å². The molecule has 0 radical (unpaired) electrons. The van der Waals surface area contributed by atoms with E-state index in [2.05, 4.69) is 22.1 Å². The third kappa shape index (κ3) is 4.44. The van der Waals surface area contributed by atoms with Gasteiger partial charge in [0.25, 0.3) is 0 Å². The van der Waals surface area contributed by atoms with E-state index < -0.39 is 11.4 Å². The number of fused-ring (bicyclic) bond motifs is 2. The third-order valence-electron chi connectivity index (χ3n) is 7.05. The van der Waals surface area contributed by atoms with Gasteiger partial charge in [0.2, 0.25) is 11.4 Å². The van der Waals surface area contributed by atoms with Crippen molar-refractivity contribution in [3.05, 3.63) is 87.8 Å². The van der Waals surface area contributed by atoms with Gasteiger partial charge in [0.05, 0.1) is 30.9 Å². The van der Waals surface area contributed by atoms with Crippen LogP contribution in [0.25, 0.3) is 16.7 Å². The molecule has 1 aliphatic carbocycles. The normalized spacial score (nSPS) is 15.4. The summed E-state index contributed by atoms with van der Waals surface area (Å²) < 4.78 is 12.6. The summed E-state index contributed by atoms with van der Waals surface area (Å²) in [7, 11) is 0. The van der Waals surface area contributed by atoms with Gasteiger partial charge in [0, 0.05) is 31.2 Å². The van der Waals surface area contributed by atoms with E-state index in [-0.39, 0.29) is 17.6 Å². The lowest BCUT2D eigenvalue weighted by molar-refractivity contribution is 0.0372. The Balaban J connectivity index is 1.56. The maximum Gasteiger partial charge on any atom is 0.343 e. The number of hydrazine groups is 1. The molecule has 0 spiro atoms. The molecule has 1 aliphatic heterocycles. The summed E-state index contributed by atoms with van der Waals surface area (Å²) in [6.45, 7) is 4.44. The molecule has 3 heterocycles. The van der Waals surface area contributed by atoms with Crippen molar-refractivity contribution >= 4 is 28.6 Å². The van der Waals surface area contributed by atoms with Crippen molar-refractivity contribution in [2.45, 2.75) is 26.2 Å². The van der Waals surface area contributed by atoms with Crippen LogP contribution in [0.2, 0.25) is 0 Å². The molecule has 6 rings (SSSR count). The van der Waals surface area contributed by atoms with E-state index in [0.717, 1.165) is 30.6 Å². The molecule has 9 heteroatoms. The van der Waals surface area contributed by atoms with Crippen LogP contribution in [-0.4, -0.2) is 58.4 Å². The molecule has 1 fully saturated rings. The number of esters is 1. The molecule has 0 atom stereocenters. The molecule has 0 N–H and O–H groups in total. The third-order valence-corrected chi connectivity index (χ3v) is 7.05. The van der Waals surface area contributed by atoms with Crippen LogP contribution in [0, 0.1) is 0 Å². The number of carbonyl (C=O) groups is 1. The lowest BCUT2D eigenvalue weighted by atomic mass is 10.1. The van der Waals surface area contributed by atoms with Gasteiger partial charge in [-0.05, 0) is 61.6 Å². The maximum absolute atomic E-state index is 13.4. The van der Waals surface area contributed by atoms with Gasteiger partial charge in [0.1, 0.15) is 5.56 Å². The number of carbonyl (C=O) groups excluding carboxylic acids is 1.